The van der Waals surface area contributed by atoms with Gasteiger partial charge in [0.25, 0.3) is 0 Å². The molecule has 0 spiro atoms. The molecule has 1 aromatic carbocycles. The molecule has 0 fully saturated rings. The highest BCUT2D eigenvalue weighted by Crippen LogP contribution is 2.19. The largest absolute Gasteiger partial charge is 0.350 e. The highest BCUT2D eigenvalue weighted by atomic mass is 16.5. The maximum atomic E-state index is 12.0. The van der Waals surface area contributed by atoms with Crippen LogP contribution in [-0.2, 0) is 16.6 Å². The topological polar surface area (TPSA) is 68.0 Å². The van der Waals surface area contributed by atoms with Crippen molar-refractivity contribution < 1.29 is 9.32 Å². The number of nitrogens with one attached hydrogen (secondary N) is 1. The summed E-state index contributed by atoms with van der Waals surface area (Å²) in [5.41, 5.74) is 0.940. The van der Waals surface area contributed by atoms with Crippen LogP contribution in [0.2, 0.25) is 0 Å². The Balaban J connectivity index is 1.84. The van der Waals surface area contributed by atoms with Crippen molar-refractivity contribution in [1.82, 2.24) is 15.5 Å². The lowest BCUT2D eigenvalue weighted by Crippen LogP contribution is -2.26. The van der Waals surface area contributed by atoms with Gasteiger partial charge in [0, 0.05) is 18.3 Å². The first-order valence-corrected chi connectivity index (χ1v) is 7.53. The van der Waals surface area contributed by atoms with Crippen LogP contribution in [0.15, 0.2) is 34.9 Å². The first-order chi connectivity index (χ1) is 10.4. The molecule has 1 amide bonds. The minimum atomic E-state index is -0.147. The molecule has 1 N–H and O–H groups in total. The molecule has 1 aromatic heterocycles. The van der Waals surface area contributed by atoms with E-state index >= 15 is 0 Å². The van der Waals surface area contributed by atoms with Crippen LogP contribution in [0.25, 0.3) is 0 Å². The number of amides is 1. The van der Waals surface area contributed by atoms with Crippen molar-refractivity contribution in [2.75, 3.05) is 0 Å². The highest BCUT2D eigenvalue weighted by molar-refractivity contribution is 5.76. The van der Waals surface area contributed by atoms with Gasteiger partial charge in [0.05, 0.1) is 6.04 Å². The fourth-order valence-corrected chi connectivity index (χ4v) is 2.02. The second kappa shape index (κ2) is 6.73. The molecule has 0 bridgehead atoms. The molecule has 0 saturated heterocycles. The Bertz CT molecular complexity index is 614. The maximum absolute atomic E-state index is 12.0. The highest BCUT2D eigenvalue weighted by Gasteiger charge is 2.21. The van der Waals surface area contributed by atoms with E-state index in [-0.39, 0.29) is 17.4 Å². The number of benzene rings is 1. The van der Waals surface area contributed by atoms with Crippen LogP contribution in [0.4, 0.5) is 0 Å². The molecule has 0 unspecified atom stereocenters. The molecule has 5 heteroatoms. The van der Waals surface area contributed by atoms with Gasteiger partial charge in [-0.15, -0.1) is 0 Å². The standard InChI is InChI=1S/C17H23N3O2/c1-12(13-8-6-5-7-9-13)18-14(21)10-11-15-19-16(20-22-15)17(2,3)4/h5-9,12H,10-11H2,1-4H3,(H,18,21)/t12-/m0/s1. The van der Waals surface area contributed by atoms with E-state index in [1.807, 2.05) is 58.0 Å². The second-order valence-electron chi connectivity index (χ2n) is 6.46. The van der Waals surface area contributed by atoms with Crippen LogP contribution in [-0.4, -0.2) is 16.0 Å². The Kier molecular flexibility index (Phi) is 4.96. The van der Waals surface area contributed by atoms with Crippen molar-refractivity contribution in [2.45, 2.75) is 52.0 Å². The molecule has 0 saturated carbocycles. The van der Waals surface area contributed by atoms with E-state index in [9.17, 15) is 4.79 Å². The number of carbonyl (C=O) groups excluding carboxylic acids is 1. The van der Waals surface area contributed by atoms with Crippen LogP contribution < -0.4 is 5.32 Å². The van der Waals surface area contributed by atoms with Gasteiger partial charge in [-0.1, -0.05) is 56.3 Å². The molecule has 118 valence electrons. The fourth-order valence-electron chi connectivity index (χ4n) is 2.02. The Morgan fingerprint density at radius 1 is 1.27 bits per heavy atom. The average Bonchev–Trinajstić information content (AvgIpc) is 2.95. The van der Waals surface area contributed by atoms with Gasteiger partial charge in [0.1, 0.15) is 0 Å². The predicted octanol–water partition coefficient (Wildman–Crippen LogP) is 3.18. The van der Waals surface area contributed by atoms with Gasteiger partial charge in [-0.05, 0) is 12.5 Å². The Morgan fingerprint density at radius 3 is 2.55 bits per heavy atom. The summed E-state index contributed by atoms with van der Waals surface area (Å²) >= 11 is 0. The Labute approximate surface area is 131 Å². The van der Waals surface area contributed by atoms with Gasteiger partial charge >= 0.3 is 0 Å². The van der Waals surface area contributed by atoms with E-state index in [1.165, 1.54) is 0 Å². The van der Waals surface area contributed by atoms with Crippen molar-refractivity contribution in [3.8, 4) is 0 Å². The van der Waals surface area contributed by atoms with Gasteiger partial charge in [-0.3, -0.25) is 4.79 Å². The number of aryl methyl sites for hydroxylation is 1. The van der Waals surface area contributed by atoms with E-state index in [4.69, 9.17) is 4.52 Å². The molecule has 0 radical (unpaired) electrons. The van der Waals surface area contributed by atoms with Crippen LogP contribution in [0.1, 0.15) is 57.4 Å². The number of nitrogens with zero attached hydrogens (tertiary/aromatic N) is 2. The molecule has 2 rings (SSSR count). The van der Waals surface area contributed by atoms with Crippen LogP contribution in [0.5, 0.6) is 0 Å². The lowest BCUT2D eigenvalue weighted by Gasteiger charge is -2.13. The van der Waals surface area contributed by atoms with Crippen molar-refractivity contribution in [2.24, 2.45) is 0 Å². The lowest BCUT2D eigenvalue weighted by molar-refractivity contribution is -0.121. The normalized spacial score (nSPS) is 12.9. The third-order valence-corrected chi connectivity index (χ3v) is 3.38. The number of rotatable bonds is 5. The summed E-state index contributed by atoms with van der Waals surface area (Å²) in [6, 6.07) is 9.87. The smallest absolute Gasteiger partial charge is 0.227 e. The van der Waals surface area contributed by atoms with Gasteiger partial charge in [-0.25, -0.2) is 0 Å². The van der Waals surface area contributed by atoms with Crippen LogP contribution in [0.3, 0.4) is 0 Å². The zero-order chi connectivity index (χ0) is 16.2. The number of aromatic nitrogens is 2. The summed E-state index contributed by atoms with van der Waals surface area (Å²) < 4.78 is 5.19. The third-order valence-electron chi connectivity index (χ3n) is 3.38. The summed E-state index contributed by atoms with van der Waals surface area (Å²) in [5.74, 6) is 1.15. The third kappa shape index (κ3) is 4.41. The monoisotopic (exact) mass is 301 g/mol. The van der Waals surface area contributed by atoms with Gasteiger partial charge in [-0.2, -0.15) is 4.98 Å². The van der Waals surface area contributed by atoms with E-state index in [1.54, 1.807) is 0 Å². The van der Waals surface area contributed by atoms with Crippen LogP contribution in [0, 0.1) is 0 Å². The van der Waals surface area contributed by atoms with E-state index in [0.29, 0.717) is 24.6 Å². The molecule has 2 aromatic rings. The number of hydrogen-bond acceptors (Lipinski definition) is 4. The fraction of sp³-hybridized carbons (Fsp3) is 0.471. The summed E-state index contributed by atoms with van der Waals surface area (Å²) in [4.78, 5) is 16.3. The first-order valence-electron chi connectivity index (χ1n) is 7.53. The Morgan fingerprint density at radius 2 is 1.95 bits per heavy atom. The molecule has 0 aliphatic carbocycles. The van der Waals surface area contributed by atoms with Crippen molar-refractivity contribution in [3.63, 3.8) is 0 Å². The maximum Gasteiger partial charge on any atom is 0.227 e. The van der Waals surface area contributed by atoms with E-state index < -0.39 is 0 Å². The minimum absolute atomic E-state index is 0.0125. The summed E-state index contributed by atoms with van der Waals surface area (Å²) in [6.45, 7) is 8.04. The molecule has 0 aliphatic heterocycles. The molecule has 1 heterocycles. The SMILES string of the molecule is C[C@H](NC(=O)CCc1nc(C(C)(C)C)no1)c1ccccc1. The Hall–Kier alpha value is -2.17. The zero-order valence-electron chi connectivity index (χ0n) is 13.6. The minimum Gasteiger partial charge on any atom is -0.350 e. The molecule has 0 aliphatic rings. The first kappa shape index (κ1) is 16.2. The van der Waals surface area contributed by atoms with Gasteiger partial charge in [0.2, 0.25) is 11.8 Å². The van der Waals surface area contributed by atoms with Crippen molar-refractivity contribution >= 4 is 5.91 Å². The molecule has 5 nitrogen and oxygen atoms in total. The van der Waals surface area contributed by atoms with Gasteiger partial charge < -0.3 is 9.84 Å². The molecular formula is C17H23N3O2. The van der Waals surface area contributed by atoms with E-state index in [2.05, 4.69) is 15.5 Å². The predicted molar refractivity (Wildman–Crippen MR) is 84.3 cm³/mol. The summed E-state index contributed by atoms with van der Waals surface area (Å²) in [6.07, 6.45) is 0.791. The second-order valence-corrected chi connectivity index (χ2v) is 6.46. The van der Waals surface area contributed by atoms with E-state index in [0.717, 1.165) is 5.56 Å². The van der Waals surface area contributed by atoms with Crippen molar-refractivity contribution in [3.05, 3.63) is 47.6 Å². The lowest BCUT2D eigenvalue weighted by atomic mass is 9.96. The zero-order valence-corrected chi connectivity index (χ0v) is 13.6. The number of hydrogen-bond donors (Lipinski definition) is 1. The summed E-state index contributed by atoms with van der Waals surface area (Å²) in [7, 11) is 0. The number of carbonyl (C=O) groups is 1. The average molecular weight is 301 g/mol. The summed E-state index contributed by atoms with van der Waals surface area (Å²) in [5, 5.41) is 6.93. The molecule has 22 heavy (non-hydrogen) atoms. The van der Waals surface area contributed by atoms with Crippen LogP contribution >= 0.6 is 0 Å². The van der Waals surface area contributed by atoms with Crippen molar-refractivity contribution in [1.29, 1.82) is 0 Å². The molecular weight excluding hydrogens is 278 g/mol. The van der Waals surface area contributed by atoms with Gasteiger partial charge in [0.15, 0.2) is 5.82 Å². The quantitative estimate of drug-likeness (QED) is 0.921. The molecule has 1 atom stereocenters.